The van der Waals surface area contributed by atoms with Gasteiger partial charge >= 0.3 is 0 Å². The van der Waals surface area contributed by atoms with Crippen LogP contribution in [0.25, 0.3) is 72.2 Å². The Kier molecular flexibility index (Phi) is 8.06. The van der Waals surface area contributed by atoms with Crippen molar-refractivity contribution < 1.29 is 0 Å². The molecule has 2 aromatic heterocycles. The maximum Gasteiger partial charge on any atom is 0.198 e. The van der Waals surface area contributed by atoms with E-state index in [0.29, 0.717) is 0 Å². The molecular formula is C59H56BN4. The van der Waals surface area contributed by atoms with Crippen LogP contribution < -0.4 is 16.2 Å². The number of hydrogen-bond acceptors (Lipinski definition) is 2. The molecule has 64 heavy (non-hydrogen) atoms. The second kappa shape index (κ2) is 13.1. The van der Waals surface area contributed by atoms with Gasteiger partial charge in [-0.3, -0.25) is 0 Å². The van der Waals surface area contributed by atoms with Gasteiger partial charge in [0.1, 0.15) is 5.82 Å². The fraction of sp³-hybridized carbons (Fsp3) is 0.271. The number of hydrogen-bond donors (Lipinski definition) is 1. The van der Waals surface area contributed by atoms with Crippen LogP contribution >= 0.6 is 0 Å². The highest BCUT2D eigenvalue weighted by Crippen LogP contribution is 2.53. The minimum absolute atomic E-state index is 0.0454. The molecule has 9 aromatic rings. The highest BCUT2D eigenvalue weighted by molar-refractivity contribution is 6.73. The van der Waals surface area contributed by atoms with Gasteiger partial charge in [-0.05, 0) is 128 Å². The third-order valence-electron chi connectivity index (χ3n) is 15.6. The maximum atomic E-state index is 5.30. The molecule has 1 N–H and O–H groups in total. The third-order valence-corrected chi connectivity index (χ3v) is 15.6. The van der Waals surface area contributed by atoms with Crippen molar-refractivity contribution >= 4 is 62.4 Å². The largest absolute Gasteiger partial charge is 0.355 e. The number of imidazole rings is 1. The van der Waals surface area contributed by atoms with E-state index < -0.39 is 0 Å². The van der Waals surface area contributed by atoms with Gasteiger partial charge in [-0.1, -0.05) is 147 Å². The summed E-state index contributed by atoms with van der Waals surface area (Å²) in [5.41, 5.74) is 23.9. The van der Waals surface area contributed by atoms with Crippen LogP contribution in [0.1, 0.15) is 103 Å². The predicted molar refractivity (Wildman–Crippen MR) is 272 cm³/mol. The first kappa shape index (κ1) is 39.3. The Bertz CT molecular complexity index is 3440. The van der Waals surface area contributed by atoms with Crippen molar-refractivity contribution in [1.82, 2.24) is 14.1 Å². The summed E-state index contributed by atoms with van der Waals surface area (Å²) >= 11 is 0. The lowest BCUT2D eigenvalue weighted by atomic mass is 9.58. The Balaban J connectivity index is 1.15. The van der Waals surface area contributed by atoms with Crippen LogP contribution in [0.5, 0.6) is 0 Å². The van der Waals surface area contributed by atoms with Crippen LogP contribution in [0.15, 0.2) is 127 Å². The van der Waals surface area contributed by atoms with Crippen LogP contribution in [0, 0.1) is 0 Å². The zero-order valence-corrected chi connectivity index (χ0v) is 39.0. The van der Waals surface area contributed by atoms with E-state index in [0.717, 1.165) is 46.6 Å². The molecule has 2 aliphatic carbocycles. The van der Waals surface area contributed by atoms with Gasteiger partial charge in [0.2, 0.25) is 0 Å². The summed E-state index contributed by atoms with van der Waals surface area (Å²) in [7, 11) is 4.62. The molecule has 1 radical (unpaired) electrons. The topological polar surface area (TPSA) is 34.8 Å². The SMILES string of the molecule is Cn1c(-c2ccccc2)nc2cc3c(cc21)-n1c2cc4c(cc2c2ccc(-c5cc6c(cc5Nc5ccc(C(C)(C)C)cc5)C(C)(C)CCC6(C)C)c(c21)[B]3)-c1ccccc1C4(C)C. The van der Waals surface area contributed by atoms with Gasteiger partial charge in [0, 0.05) is 56.9 Å². The molecule has 0 saturated carbocycles. The first-order valence-electron chi connectivity index (χ1n) is 23.2. The van der Waals surface area contributed by atoms with Gasteiger partial charge in [0.15, 0.2) is 7.28 Å². The highest BCUT2D eigenvalue weighted by Gasteiger charge is 2.40. The van der Waals surface area contributed by atoms with Crippen LogP contribution in [0.2, 0.25) is 0 Å². The Morgan fingerprint density at radius 3 is 2.05 bits per heavy atom. The zero-order valence-electron chi connectivity index (χ0n) is 39.0. The molecule has 7 aromatic carbocycles. The van der Waals surface area contributed by atoms with Crippen LogP contribution in [0.4, 0.5) is 11.4 Å². The number of benzene rings is 7. The van der Waals surface area contributed by atoms with Crippen molar-refractivity contribution in [1.29, 1.82) is 0 Å². The van der Waals surface area contributed by atoms with Gasteiger partial charge < -0.3 is 14.5 Å². The average Bonchev–Trinajstić information content (AvgIpc) is 3.86. The Hall–Kier alpha value is -6.33. The number of nitrogens with one attached hydrogen (secondary N) is 1. The zero-order chi connectivity index (χ0) is 44.2. The summed E-state index contributed by atoms with van der Waals surface area (Å²) in [6.07, 6.45) is 2.31. The second-order valence-corrected chi connectivity index (χ2v) is 21.9. The normalized spacial score (nSPS) is 16.3. The summed E-state index contributed by atoms with van der Waals surface area (Å²) in [5.74, 6) is 0.974. The number of anilines is 2. The van der Waals surface area contributed by atoms with E-state index in [1.165, 1.54) is 88.5 Å². The Morgan fingerprint density at radius 2 is 1.31 bits per heavy atom. The monoisotopic (exact) mass is 831 g/mol. The number of aromatic nitrogens is 3. The fourth-order valence-corrected chi connectivity index (χ4v) is 11.7. The molecule has 0 bridgehead atoms. The Labute approximate surface area is 378 Å². The summed E-state index contributed by atoms with van der Waals surface area (Å²) in [4.78, 5) is 5.30. The van der Waals surface area contributed by atoms with E-state index in [4.69, 9.17) is 4.98 Å². The minimum Gasteiger partial charge on any atom is -0.355 e. The first-order chi connectivity index (χ1) is 30.5. The molecule has 5 heteroatoms. The van der Waals surface area contributed by atoms with Crippen molar-refractivity contribution in [3.8, 4) is 39.3 Å². The van der Waals surface area contributed by atoms with E-state index in [9.17, 15) is 0 Å². The molecule has 0 unspecified atom stereocenters. The predicted octanol–water partition coefficient (Wildman–Crippen LogP) is 13.7. The number of fused-ring (bicyclic) bond motifs is 10. The van der Waals surface area contributed by atoms with E-state index in [1.807, 2.05) is 0 Å². The number of nitrogens with zero attached hydrogens (tertiary/aromatic N) is 3. The van der Waals surface area contributed by atoms with Crippen LogP contribution in [-0.4, -0.2) is 21.4 Å². The standard InChI is InChI=1S/C59H56BN4/c1-56(2,3)35-20-22-36(23-21-35)61-48-30-46-45(57(4,5)26-27-58(46,6)7)29-41(48)38-24-25-39-42-28-40-37-18-14-15-19-43(37)59(8,9)44(40)31-50(42)64-51-33-52-49(32-47(51)60-53(38)54(39)64)62-55(63(52)10)34-16-12-11-13-17-34/h11-25,28-33,61H,26-27H2,1-10H3. The fourth-order valence-electron chi connectivity index (χ4n) is 11.7. The molecule has 0 spiro atoms. The van der Waals surface area contributed by atoms with E-state index in [2.05, 4.69) is 218 Å². The summed E-state index contributed by atoms with van der Waals surface area (Å²) < 4.78 is 4.86. The Morgan fingerprint density at radius 1 is 0.609 bits per heavy atom. The van der Waals surface area contributed by atoms with Crippen LogP contribution in [-0.2, 0) is 28.7 Å². The molecule has 0 fully saturated rings. The number of rotatable bonds is 4. The quantitative estimate of drug-likeness (QED) is 0.179. The first-order valence-corrected chi connectivity index (χ1v) is 23.2. The van der Waals surface area contributed by atoms with Crippen molar-refractivity contribution in [3.05, 3.63) is 155 Å². The summed E-state index contributed by atoms with van der Waals surface area (Å²) in [5, 5.41) is 6.57. The molecule has 4 nitrogen and oxygen atoms in total. The lowest BCUT2D eigenvalue weighted by Crippen LogP contribution is -2.37. The molecule has 3 heterocycles. The molecule has 0 atom stereocenters. The van der Waals surface area contributed by atoms with Crippen molar-refractivity contribution in [2.75, 3.05) is 5.32 Å². The lowest BCUT2D eigenvalue weighted by molar-refractivity contribution is 0.332. The van der Waals surface area contributed by atoms with Gasteiger partial charge in [-0.15, -0.1) is 0 Å². The average molecular weight is 832 g/mol. The van der Waals surface area contributed by atoms with Crippen molar-refractivity contribution in [2.45, 2.75) is 96.8 Å². The summed E-state index contributed by atoms with van der Waals surface area (Å²) in [6, 6.07) is 48.3. The third kappa shape index (κ3) is 5.58. The van der Waals surface area contributed by atoms with Gasteiger partial charge in [0.25, 0.3) is 0 Å². The van der Waals surface area contributed by atoms with Crippen molar-refractivity contribution in [2.24, 2.45) is 7.05 Å². The van der Waals surface area contributed by atoms with E-state index in [1.54, 1.807) is 0 Å². The second-order valence-electron chi connectivity index (χ2n) is 21.9. The molecule has 12 rings (SSSR count). The van der Waals surface area contributed by atoms with E-state index in [-0.39, 0.29) is 21.7 Å². The van der Waals surface area contributed by atoms with Gasteiger partial charge in [-0.2, -0.15) is 0 Å². The number of aryl methyl sites for hydroxylation is 1. The lowest BCUT2D eigenvalue weighted by Gasteiger charge is -2.42. The highest BCUT2D eigenvalue weighted by atomic mass is 15.1. The minimum atomic E-state index is -0.125. The molecule has 0 saturated heterocycles. The summed E-state index contributed by atoms with van der Waals surface area (Å²) in [6.45, 7) is 21.4. The maximum absolute atomic E-state index is 5.30. The van der Waals surface area contributed by atoms with E-state index >= 15 is 0 Å². The van der Waals surface area contributed by atoms with Gasteiger partial charge in [-0.25, -0.2) is 4.98 Å². The molecular weight excluding hydrogens is 775 g/mol. The van der Waals surface area contributed by atoms with Crippen LogP contribution in [0.3, 0.4) is 0 Å². The smallest absolute Gasteiger partial charge is 0.198 e. The molecule has 1 aliphatic heterocycles. The molecule has 3 aliphatic rings. The molecule has 315 valence electrons. The van der Waals surface area contributed by atoms with Crippen molar-refractivity contribution in [3.63, 3.8) is 0 Å². The van der Waals surface area contributed by atoms with Gasteiger partial charge in [0.05, 0.1) is 16.6 Å². The molecule has 0 amide bonds.